The zero-order valence-electron chi connectivity index (χ0n) is 15.9. The van der Waals surface area contributed by atoms with Crippen LogP contribution >= 0.6 is 0 Å². The lowest BCUT2D eigenvalue weighted by Gasteiger charge is -2.24. The van der Waals surface area contributed by atoms with Crippen LogP contribution in [0, 0.1) is 11.8 Å². The molecule has 2 aliphatic rings. The highest BCUT2D eigenvalue weighted by atomic mass is 16.6. The van der Waals surface area contributed by atoms with E-state index in [1.807, 2.05) is 27.7 Å². The first-order valence-corrected chi connectivity index (χ1v) is 9.13. The molecule has 3 rings (SSSR count). The Morgan fingerprint density at radius 2 is 2.15 bits per heavy atom. The Hall–Kier alpha value is -2.09. The molecule has 2 N–H and O–H groups in total. The normalized spacial score (nSPS) is 22.8. The lowest BCUT2D eigenvalue weighted by Crippen LogP contribution is -2.37. The lowest BCUT2D eigenvalue weighted by atomic mass is 9.97. The van der Waals surface area contributed by atoms with E-state index in [9.17, 15) is 9.59 Å². The van der Waals surface area contributed by atoms with Gasteiger partial charge in [0.25, 0.3) is 0 Å². The fourth-order valence-corrected chi connectivity index (χ4v) is 3.40. The highest BCUT2D eigenvalue weighted by Crippen LogP contribution is 2.25. The van der Waals surface area contributed by atoms with Crippen LogP contribution in [-0.2, 0) is 33.8 Å². The van der Waals surface area contributed by atoms with Crippen molar-refractivity contribution in [3.8, 4) is 0 Å². The third-order valence-electron chi connectivity index (χ3n) is 4.81. The molecule has 2 atom stereocenters. The van der Waals surface area contributed by atoms with Crippen molar-refractivity contribution in [2.24, 2.45) is 11.8 Å². The average Bonchev–Trinajstić information content (AvgIpc) is 3.15. The van der Waals surface area contributed by atoms with Crippen LogP contribution in [0.4, 0.5) is 4.79 Å². The maximum absolute atomic E-state index is 12.6. The van der Waals surface area contributed by atoms with Gasteiger partial charge in [0.1, 0.15) is 5.60 Å². The number of likely N-dealkylation sites (tertiary alicyclic amines) is 1. The van der Waals surface area contributed by atoms with Gasteiger partial charge in [-0.3, -0.25) is 9.89 Å². The number of aromatic amines is 1. The Morgan fingerprint density at radius 3 is 2.88 bits per heavy atom. The Balaban J connectivity index is 1.55. The largest absolute Gasteiger partial charge is 0.444 e. The molecule has 0 bridgehead atoms. The Kier molecular flexibility index (Phi) is 5.22. The van der Waals surface area contributed by atoms with Gasteiger partial charge in [0.05, 0.1) is 31.4 Å². The van der Waals surface area contributed by atoms with Crippen molar-refractivity contribution in [2.45, 2.75) is 52.9 Å². The molecule has 1 saturated heterocycles. The number of amides is 2. The van der Waals surface area contributed by atoms with E-state index >= 15 is 0 Å². The number of nitrogens with one attached hydrogen (secondary N) is 2. The van der Waals surface area contributed by atoms with Crippen LogP contribution in [-0.4, -0.2) is 52.4 Å². The molecule has 0 saturated carbocycles. The van der Waals surface area contributed by atoms with E-state index in [0.717, 1.165) is 23.4 Å². The van der Waals surface area contributed by atoms with E-state index in [2.05, 4.69) is 15.5 Å². The summed E-state index contributed by atoms with van der Waals surface area (Å²) in [5, 5.41) is 10.3. The minimum Gasteiger partial charge on any atom is -0.444 e. The molecule has 1 aromatic heterocycles. The molecular formula is C18H28N4O4. The van der Waals surface area contributed by atoms with Gasteiger partial charge in [-0.25, -0.2) is 4.79 Å². The summed E-state index contributed by atoms with van der Waals surface area (Å²) in [6.45, 7) is 9.99. The van der Waals surface area contributed by atoms with E-state index in [4.69, 9.17) is 9.47 Å². The van der Waals surface area contributed by atoms with Crippen LogP contribution < -0.4 is 5.32 Å². The summed E-state index contributed by atoms with van der Waals surface area (Å²) in [5.41, 5.74) is 2.42. The van der Waals surface area contributed by atoms with Gasteiger partial charge in [0.2, 0.25) is 5.91 Å². The summed E-state index contributed by atoms with van der Waals surface area (Å²) in [6.07, 6.45) is 0.457. The number of hydrogen-bond donors (Lipinski definition) is 2. The van der Waals surface area contributed by atoms with E-state index in [-0.39, 0.29) is 23.8 Å². The first-order valence-electron chi connectivity index (χ1n) is 9.13. The molecule has 3 heterocycles. The number of H-pyrrole nitrogens is 1. The minimum absolute atomic E-state index is 0.0583. The number of ether oxygens (including phenoxy) is 2. The summed E-state index contributed by atoms with van der Waals surface area (Å²) < 4.78 is 10.9. The van der Waals surface area contributed by atoms with Crippen molar-refractivity contribution in [3.05, 3.63) is 17.0 Å². The number of hydrogen-bond acceptors (Lipinski definition) is 5. The first kappa shape index (κ1) is 18.7. The van der Waals surface area contributed by atoms with Crippen LogP contribution in [0.25, 0.3) is 0 Å². The molecule has 2 amide bonds. The molecule has 8 nitrogen and oxygen atoms in total. The molecule has 0 aliphatic carbocycles. The molecule has 0 aromatic carbocycles. The molecule has 8 heteroatoms. The summed E-state index contributed by atoms with van der Waals surface area (Å²) in [4.78, 5) is 26.5. The maximum Gasteiger partial charge on any atom is 0.410 e. The van der Waals surface area contributed by atoms with Gasteiger partial charge in [0.15, 0.2) is 0 Å². The Bertz CT molecular complexity index is 679. The van der Waals surface area contributed by atoms with Crippen LogP contribution in [0.2, 0.25) is 0 Å². The van der Waals surface area contributed by atoms with Gasteiger partial charge < -0.3 is 19.7 Å². The molecule has 144 valence electrons. The van der Waals surface area contributed by atoms with E-state index in [1.54, 1.807) is 4.90 Å². The number of fused-ring (bicyclic) bond motifs is 1. The van der Waals surface area contributed by atoms with Crippen LogP contribution in [0.5, 0.6) is 0 Å². The van der Waals surface area contributed by atoms with Crippen LogP contribution in [0.3, 0.4) is 0 Å². The SMILES string of the molecule is C[C@@H]1CN(C(=O)OC(C)(C)C)C[C@H]1C(=O)NCc1n[nH]c2c1COCC2. The fraction of sp³-hybridized carbons (Fsp3) is 0.722. The molecule has 0 radical (unpaired) electrons. The van der Waals surface area contributed by atoms with E-state index < -0.39 is 5.60 Å². The van der Waals surface area contributed by atoms with Crippen molar-refractivity contribution in [1.29, 1.82) is 0 Å². The Labute approximate surface area is 153 Å². The monoisotopic (exact) mass is 364 g/mol. The summed E-state index contributed by atoms with van der Waals surface area (Å²) in [5.74, 6) is -0.218. The van der Waals surface area contributed by atoms with Gasteiger partial charge in [-0.2, -0.15) is 5.10 Å². The number of rotatable bonds is 3. The van der Waals surface area contributed by atoms with Gasteiger partial charge >= 0.3 is 6.09 Å². The molecule has 0 unspecified atom stereocenters. The molecule has 1 fully saturated rings. The van der Waals surface area contributed by atoms with Crippen LogP contribution in [0.1, 0.15) is 44.6 Å². The van der Waals surface area contributed by atoms with Crippen molar-refractivity contribution in [2.75, 3.05) is 19.7 Å². The van der Waals surface area contributed by atoms with Gasteiger partial charge in [-0.15, -0.1) is 0 Å². The van der Waals surface area contributed by atoms with E-state index in [0.29, 0.717) is 32.8 Å². The van der Waals surface area contributed by atoms with E-state index in [1.165, 1.54) is 0 Å². The standard InChI is InChI=1S/C18H28N4O4/c1-11-8-22(17(24)26-18(2,3)4)9-12(11)16(23)19-7-15-13-10-25-6-5-14(13)20-21-15/h11-12H,5-10H2,1-4H3,(H,19,23)(H,20,21)/t11-,12-/m1/s1. The topological polar surface area (TPSA) is 96.5 Å². The highest BCUT2D eigenvalue weighted by Gasteiger charge is 2.38. The quantitative estimate of drug-likeness (QED) is 0.849. The predicted octanol–water partition coefficient (Wildman–Crippen LogP) is 1.60. The number of aromatic nitrogens is 2. The molecular weight excluding hydrogens is 336 g/mol. The second-order valence-electron chi connectivity index (χ2n) is 8.12. The van der Waals surface area contributed by atoms with Crippen molar-refractivity contribution >= 4 is 12.0 Å². The van der Waals surface area contributed by atoms with Crippen LogP contribution in [0.15, 0.2) is 0 Å². The number of carbonyl (C=O) groups excluding carboxylic acids is 2. The van der Waals surface area contributed by atoms with Gasteiger partial charge in [0, 0.05) is 30.8 Å². The smallest absolute Gasteiger partial charge is 0.410 e. The van der Waals surface area contributed by atoms with Crippen molar-refractivity contribution < 1.29 is 19.1 Å². The Morgan fingerprint density at radius 1 is 1.38 bits per heavy atom. The van der Waals surface area contributed by atoms with Gasteiger partial charge in [-0.1, -0.05) is 6.92 Å². The summed E-state index contributed by atoms with van der Waals surface area (Å²) in [7, 11) is 0. The highest BCUT2D eigenvalue weighted by molar-refractivity contribution is 5.81. The second kappa shape index (κ2) is 7.26. The summed E-state index contributed by atoms with van der Waals surface area (Å²) in [6, 6.07) is 0. The van der Waals surface area contributed by atoms with Crippen molar-refractivity contribution in [3.63, 3.8) is 0 Å². The average molecular weight is 364 g/mol. The predicted molar refractivity (Wildman–Crippen MR) is 94.3 cm³/mol. The zero-order valence-corrected chi connectivity index (χ0v) is 15.9. The van der Waals surface area contributed by atoms with Gasteiger partial charge in [-0.05, 0) is 26.7 Å². The summed E-state index contributed by atoms with van der Waals surface area (Å²) >= 11 is 0. The maximum atomic E-state index is 12.6. The molecule has 1 aromatic rings. The molecule has 0 spiro atoms. The molecule has 2 aliphatic heterocycles. The minimum atomic E-state index is -0.540. The zero-order chi connectivity index (χ0) is 18.9. The lowest BCUT2D eigenvalue weighted by molar-refractivity contribution is -0.125. The fourth-order valence-electron chi connectivity index (χ4n) is 3.40. The van der Waals surface area contributed by atoms with Crippen molar-refractivity contribution in [1.82, 2.24) is 20.4 Å². The second-order valence-corrected chi connectivity index (χ2v) is 8.12. The molecule has 26 heavy (non-hydrogen) atoms. The third-order valence-corrected chi connectivity index (χ3v) is 4.81. The first-order chi connectivity index (χ1) is 12.2. The number of carbonyl (C=O) groups is 2. The number of nitrogens with zero attached hydrogens (tertiary/aromatic N) is 2. The third kappa shape index (κ3) is 4.17.